The Morgan fingerprint density at radius 2 is 0.811 bits per heavy atom. The Morgan fingerprint density at radius 1 is 0.486 bits per heavy atom. The number of alkyl halides is 15. The first-order chi connectivity index (χ1) is 16.4. The van der Waals surface area contributed by atoms with Gasteiger partial charge in [-0.25, -0.2) is 0 Å². The summed E-state index contributed by atoms with van der Waals surface area (Å²) in [5.74, 6) is 0. The maximum absolute atomic E-state index is 15.2. The van der Waals surface area contributed by atoms with E-state index in [1.807, 2.05) is 0 Å². The first-order valence-corrected chi connectivity index (χ1v) is 15.9. The van der Waals surface area contributed by atoms with Crippen LogP contribution in [0.1, 0.15) is 44.1 Å². The molecule has 0 spiro atoms. The van der Waals surface area contributed by atoms with Crippen LogP contribution >= 0.6 is 0 Å². The molecule has 0 aromatic heterocycles. The van der Waals surface area contributed by atoms with Gasteiger partial charge in [-0.3, -0.25) is 0 Å². The summed E-state index contributed by atoms with van der Waals surface area (Å²) in [7, 11) is 0. The van der Waals surface area contributed by atoms with Crippen LogP contribution in [-0.2, 0) is 9.49 Å². The third-order valence-electron chi connectivity index (χ3n) is 5.26. The molecule has 1 rings (SSSR count). The van der Waals surface area contributed by atoms with Crippen molar-refractivity contribution < 1.29 is 68.9 Å². The zero-order valence-corrected chi connectivity index (χ0v) is 21.5. The summed E-state index contributed by atoms with van der Waals surface area (Å²) in [6.45, 7) is -1.43. The molecule has 216 valence electrons. The molecule has 0 saturated heterocycles. The van der Waals surface area contributed by atoms with Crippen molar-refractivity contribution in [1.29, 1.82) is 0 Å². The van der Waals surface area contributed by atoms with E-state index in [1.165, 1.54) is 30.3 Å². The Labute approximate surface area is 205 Å². The van der Waals surface area contributed by atoms with E-state index in [0.717, 1.165) is 0 Å². The predicted octanol–water partition coefficient (Wildman–Crippen LogP) is 8.74. The molecule has 0 aliphatic carbocycles. The molecule has 0 heterocycles. The summed E-state index contributed by atoms with van der Waals surface area (Å²) in [6.07, 6.45) is -33.1. The minimum absolute atomic E-state index is 0.124. The zero-order chi connectivity index (χ0) is 29.0. The van der Waals surface area contributed by atoms with Crippen molar-refractivity contribution >= 4 is 18.8 Å². The number of benzene rings is 1. The van der Waals surface area contributed by atoms with Crippen LogP contribution in [0, 0.1) is 0 Å². The van der Waals surface area contributed by atoms with Crippen molar-refractivity contribution in [1.82, 2.24) is 0 Å². The topological polar surface area (TPSA) is 9.23 Å². The van der Waals surface area contributed by atoms with Gasteiger partial charge < -0.3 is 0 Å². The van der Waals surface area contributed by atoms with Crippen molar-refractivity contribution in [3.8, 4) is 0 Å². The standard InChI is InChI=1S/C8H9O.3C4H4F5.Sn/c9-7-6-8-4-2-1-3-5-8;3*5-3(6)1-2-4(7,8)9;/h1-5H,6-7H2;3*1-2H2;/q-1;;;;+1. The summed E-state index contributed by atoms with van der Waals surface area (Å²) in [4.78, 5) is 0. The van der Waals surface area contributed by atoms with Gasteiger partial charge in [-0.1, -0.05) is 0 Å². The summed E-state index contributed by atoms with van der Waals surface area (Å²) < 4.78 is 192. The number of hydrogen-bond acceptors (Lipinski definition) is 1. The maximum atomic E-state index is 15.2. The Morgan fingerprint density at radius 3 is 1.11 bits per heavy atom. The van der Waals surface area contributed by atoms with E-state index in [1.54, 1.807) is 0 Å². The average molecular weight is 681 g/mol. The molecule has 1 aromatic carbocycles. The van der Waals surface area contributed by atoms with Crippen LogP contribution in [0.2, 0.25) is 0 Å². The molecule has 0 saturated carbocycles. The van der Waals surface area contributed by atoms with Gasteiger partial charge in [-0.05, 0) is 0 Å². The third kappa shape index (κ3) is 9.88. The Hall–Kier alpha value is -1.07. The van der Waals surface area contributed by atoms with Crippen LogP contribution in [0.5, 0.6) is 0 Å². The van der Waals surface area contributed by atoms with Crippen LogP contribution in [0.25, 0.3) is 0 Å². The van der Waals surface area contributed by atoms with E-state index in [2.05, 4.69) is 3.07 Å². The van der Waals surface area contributed by atoms with Gasteiger partial charge in [0.05, 0.1) is 0 Å². The Bertz CT molecular complexity index is 757. The van der Waals surface area contributed by atoms with E-state index >= 15 is 26.3 Å². The van der Waals surface area contributed by atoms with Crippen LogP contribution < -0.4 is 0 Å². The molecule has 37 heavy (non-hydrogen) atoms. The van der Waals surface area contributed by atoms with Gasteiger partial charge in [0, 0.05) is 0 Å². The van der Waals surface area contributed by atoms with Gasteiger partial charge in [0.25, 0.3) is 0 Å². The molecule has 0 atom stereocenters. The number of halogens is 15. The molecular weight excluding hydrogens is 660 g/mol. The fourth-order valence-electron chi connectivity index (χ4n) is 3.51. The molecule has 0 amide bonds. The quantitative estimate of drug-likeness (QED) is 0.150. The molecule has 17 heteroatoms. The molecule has 0 N–H and O–H groups in total. The molecule has 0 fully saturated rings. The van der Waals surface area contributed by atoms with Gasteiger partial charge in [0.1, 0.15) is 0 Å². The van der Waals surface area contributed by atoms with Crippen molar-refractivity contribution in [2.24, 2.45) is 0 Å². The van der Waals surface area contributed by atoms with E-state index in [4.69, 9.17) is 0 Å². The monoisotopic (exact) mass is 682 g/mol. The minimum atomic E-state index is -9.04. The van der Waals surface area contributed by atoms with Crippen LogP contribution in [-0.4, -0.2) is 55.7 Å². The number of hydrogen-bond donors (Lipinski definition) is 0. The first-order valence-electron chi connectivity index (χ1n) is 10.5. The van der Waals surface area contributed by atoms with Crippen molar-refractivity contribution in [3.05, 3.63) is 35.9 Å². The fraction of sp³-hybridized carbons (Fsp3) is 0.700. The van der Waals surface area contributed by atoms with E-state index in [0.29, 0.717) is 0 Å². The second-order valence-electron chi connectivity index (χ2n) is 8.22. The van der Waals surface area contributed by atoms with Crippen LogP contribution in [0.3, 0.4) is 0 Å². The predicted molar refractivity (Wildman–Crippen MR) is 103 cm³/mol. The molecule has 1 aromatic rings. The summed E-state index contributed by atoms with van der Waals surface area (Å²) in [5.41, 5.74) is 0.124. The number of rotatable bonds is 13. The molecule has 1 nitrogen and oxygen atoms in total. The second kappa shape index (κ2) is 12.0. The fourth-order valence-corrected chi connectivity index (χ4v) is 15.2. The molecule has 0 radical (unpaired) electrons. The third-order valence-corrected chi connectivity index (χ3v) is 18.0. The van der Waals surface area contributed by atoms with Crippen molar-refractivity contribution in [2.75, 3.05) is 6.61 Å². The molecule has 0 bridgehead atoms. The summed E-state index contributed by atoms with van der Waals surface area (Å²) in [6, 6.07) is 6.65. The zero-order valence-electron chi connectivity index (χ0n) is 18.6. The average Bonchev–Trinajstić information content (AvgIpc) is 2.71. The molecular formula is C20H21F15OSn. The van der Waals surface area contributed by atoms with E-state index < -0.39 is 101 Å². The SMILES string of the molecule is FC(F)(F)CC[C](F)(F)[Sn]([O]CCc1ccccc1)([C](F)(F)CCC(F)(F)F)[C](F)(F)CCC(F)(F)F. The van der Waals surface area contributed by atoms with Gasteiger partial charge in [-0.2, -0.15) is 0 Å². The summed E-state index contributed by atoms with van der Waals surface area (Å²) >= 11 is -9.04. The molecule has 0 aliphatic heterocycles. The van der Waals surface area contributed by atoms with Crippen molar-refractivity contribution in [2.45, 2.75) is 75.3 Å². The van der Waals surface area contributed by atoms with Crippen molar-refractivity contribution in [3.63, 3.8) is 0 Å². The van der Waals surface area contributed by atoms with Crippen LogP contribution in [0.4, 0.5) is 65.9 Å². The van der Waals surface area contributed by atoms with Gasteiger partial charge in [-0.15, -0.1) is 0 Å². The summed E-state index contributed by atoms with van der Waals surface area (Å²) in [5, 5.41) is 0. The van der Waals surface area contributed by atoms with Gasteiger partial charge >= 0.3 is 206 Å². The van der Waals surface area contributed by atoms with Crippen LogP contribution in [0.15, 0.2) is 30.3 Å². The molecule has 0 unspecified atom stereocenters. The van der Waals surface area contributed by atoms with Gasteiger partial charge in [0.2, 0.25) is 0 Å². The normalized spacial score (nSPS) is 14.8. The Balaban J connectivity index is 3.67. The van der Waals surface area contributed by atoms with E-state index in [9.17, 15) is 39.5 Å². The molecule has 0 aliphatic rings. The van der Waals surface area contributed by atoms with Gasteiger partial charge in [0.15, 0.2) is 0 Å². The van der Waals surface area contributed by atoms with E-state index in [-0.39, 0.29) is 5.56 Å². The second-order valence-corrected chi connectivity index (χ2v) is 19.2. The Kier molecular flexibility index (Phi) is 11.0. The first kappa shape index (κ1) is 34.0.